The summed E-state index contributed by atoms with van der Waals surface area (Å²) in [6.07, 6.45) is 5.36. The molecule has 0 aromatic carbocycles. The summed E-state index contributed by atoms with van der Waals surface area (Å²) in [5.74, 6) is 5.10. The van der Waals surface area contributed by atoms with Gasteiger partial charge in [-0.3, -0.25) is 4.98 Å². The van der Waals surface area contributed by atoms with Crippen LogP contribution in [0.2, 0.25) is 0 Å². The molecule has 2 N–H and O–H groups in total. The molecule has 0 radical (unpaired) electrons. The second-order valence-corrected chi connectivity index (χ2v) is 6.68. The molecular weight excluding hydrogens is 292 g/mol. The van der Waals surface area contributed by atoms with E-state index >= 15 is 0 Å². The normalized spacial score (nSPS) is 15.4. The van der Waals surface area contributed by atoms with Crippen molar-refractivity contribution < 1.29 is 18.6 Å². The summed E-state index contributed by atoms with van der Waals surface area (Å²) < 4.78 is 26.7. The molecule has 0 spiro atoms. The Kier molecular flexibility index (Phi) is 5.31. The minimum absolute atomic E-state index is 0.0469. The molecule has 1 aromatic rings. The summed E-state index contributed by atoms with van der Waals surface area (Å²) in [5, 5.41) is 17.8. The third-order valence-electron chi connectivity index (χ3n) is 3.43. The quantitative estimate of drug-likeness (QED) is 0.745. The highest BCUT2D eigenvalue weighted by Gasteiger charge is 2.34. The molecule has 1 heterocycles. The zero-order valence-corrected chi connectivity index (χ0v) is 12.4. The Balaban J connectivity index is 2.32. The molecule has 1 aliphatic rings. The van der Waals surface area contributed by atoms with Crippen LogP contribution in [0.15, 0.2) is 23.4 Å². The zero-order chi connectivity index (χ0) is 15.3. The average molecular weight is 310 g/mol. The van der Waals surface area contributed by atoms with Crippen molar-refractivity contribution in [3.63, 3.8) is 0 Å². The predicted molar refractivity (Wildman–Crippen MR) is 76.8 cm³/mol. The van der Waals surface area contributed by atoms with Crippen LogP contribution in [0.4, 0.5) is 0 Å². The highest BCUT2D eigenvalue weighted by Crippen LogP contribution is 2.29. The lowest BCUT2D eigenvalue weighted by Gasteiger charge is -2.36. The molecular formula is C14H18N2O4S. The number of hydrogen-bond donors (Lipinski definition) is 2. The lowest BCUT2D eigenvalue weighted by molar-refractivity contribution is 0.178. The van der Waals surface area contributed by atoms with Crippen LogP contribution in [0, 0.1) is 11.8 Å². The SMILES string of the molecule is O=S(=O)(c1cncc(C#CCO)c1)N(CCO)C1CCC1. The molecule has 21 heavy (non-hydrogen) atoms. The summed E-state index contributed by atoms with van der Waals surface area (Å²) in [4.78, 5) is 3.96. The van der Waals surface area contributed by atoms with Crippen LogP contribution >= 0.6 is 0 Å². The zero-order valence-electron chi connectivity index (χ0n) is 11.6. The van der Waals surface area contributed by atoms with Crippen LogP contribution in [0.1, 0.15) is 24.8 Å². The third kappa shape index (κ3) is 3.60. The fourth-order valence-corrected chi connectivity index (χ4v) is 3.84. The lowest BCUT2D eigenvalue weighted by atomic mass is 9.93. The van der Waals surface area contributed by atoms with Gasteiger partial charge in [-0.05, 0) is 18.9 Å². The van der Waals surface area contributed by atoms with Crippen molar-refractivity contribution >= 4 is 10.0 Å². The van der Waals surface area contributed by atoms with E-state index in [0.29, 0.717) is 5.56 Å². The van der Waals surface area contributed by atoms with Crippen molar-refractivity contribution in [1.29, 1.82) is 0 Å². The van der Waals surface area contributed by atoms with Crippen LogP contribution < -0.4 is 0 Å². The minimum Gasteiger partial charge on any atom is -0.395 e. The van der Waals surface area contributed by atoms with E-state index < -0.39 is 10.0 Å². The first kappa shape index (κ1) is 15.9. The van der Waals surface area contributed by atoms with Gasteiger partial charge >= 0.3 is 0 Å². The summed E-state index contributed by atoms with van der Waals surface area (Å²) in [7, 11) is -3.69. The van der Waals surface area contributed by atoms with Gasteiger partial charge in [0.05, 0.1) is 6.61 Å². The number of aliphatic hydroxyl groups excluding tert-OH is 2. The molecule has 0 amide bonds. The van der Waals surface area contributed by atoms with E-state index in [4.69, 9.17) is 10.2 Å². The first-order valence-electron chi connectivity index (χ1n) is 6.77. The molecule has 7 heteroatoms. The van der Waals surface area contributed by atoms with Crippen molar-refractivity contribution in [3.8, 4) is 11.8 Å². The van der Waals surface area contributed by atoms with Gasteiger partial charge in [-0.2, -0.15) is 4.31 Å². The molecule has 1 aromatic heterocycles. The summed E-state index contributed by atoms with van der Waals surface area (Å²) in [5.41, 5.74) is 0.433. The lowest BCUT2D eigenvalue weighted by Crippen LogP contribution is -2.45. The molecule has 0 atom stereocenters. The van der Waals surface area contributed by atoms with E-state index in [0.717, 1.165) is 19.3 Å². The Hall–Kier alpha value is -1.46. The summed E-state index contributed by atoms with van der Waals surface area (Å²) >= 11 is 0. The number of rotatable bonds is 5. The van der Waals surface area contributed by atoms with Crippen LogP contribution in [0.5, 0.6) is 0 Å². The molecule has 2 rings (SSSR count). The maximum atomic E-state index is 12.7. The van der Waals surface area contributed by atoms with E-state index in [1.807, 2.05) is 0 Å². The number of aliphatic hydroxyl groups is 2. The van der Waals surface area contributed by atoms with Crippen LogP contribution in [-0.2, 0) is 10.0 Å². The minimum atomic E-state index is -3.69. The van der Waals surface area contributed by atoms with Crippen molar-refractivity contribution in [2.24, 2.45) is 0 Å². The predicted octanol–water partition coefficient (Wildman–Crippen LogP) is -0.0391. The van der Waals surface area contributed by atoms with Gasteiger partial charge in [-0.15, -0.1) is 0 Å². The average Bonchev–Trinajstić information content (AvgIpc) is 2.43. The Morgan fingerprint density at radius 3 is 2.67 bits per heavy atom. The molecule has 114 valence electrons. The highest BCUT2D eigenvalue weighted by atomic mass is 32.2. The summed E-state index contributed by atoms with van der Waals surface area (Å²) in [6.45, 7) is -0.428. The van der Waals surface area contributed by atoms with E-state index in [2.05, 4.69) is 16.8 Å². The molecule has 1 fully saturated rings. The van der Waals surface area contributed by atoms with E-state index in [1.54, 1.807) is 0 Å². The maximum absolute atomic E-state index is 12.7. The Morgan fingerprint density at radius 2 is 2.10 bits per heavy atom. The largest absolute Gasteiger partial charge is 0.395 e. The van der Waals surface area contributed by atoms with E-state index in [-0.39, 0.29) is 30.7 Å². The van der Waals surface area contributed by atoms with Crippen molar-refractivity contribution in [1.82, 2.24) is 9.29 Å². The number of nitrogens with zero attached hydrogens (tertiary/aromatic N) is 2. The van der Waals surface area contributed by atoms with Gasteiger partial charge in [0, 0.05) is 30.5 Å². The van der Waals surface area contributed by atoms with Gasteiger partial charge in [0.1, 0.15) is 11.5 Å². The number of sulfonamides is 1. The van der Waals surface area contributed by atoms with Gasteiger partial charge in [-0.1, -0.05) is 18.3 Å². The molecule has 6 nitrogen and oxygen atoms in total. The molecule has 0 bridgehead atoms. The third-order valence-corrected chi connectivity index (χ3v) is 5.35. The second-order valence-electron chi connectivity index (χ2n) is 4.79. The van der Waals surface area contributed by atoms with E-state index in [1.165, 1.54) is 22.8 Å². The van der Waals surface area contributed by atoms with Crippen LogP contribution in [0.3, 0.4) is 0 Å². The van der Waals surface area contributed by atoms with Gasteiger partial charge in [-0.25, -0.2) is 8.42 Å². The molecule has 0 unspecified atom stereocenters. The van der Waals surface area contributed by atoms with Crippen molar-refractivity contribution in [2.75, 3.05) is 19.8 Å². The topological polar surface area (TPSA) is 90.7 Å². The standard InChI is InChI=1S/C14H18N2O4S/c17-7-2-3-12-9-14(11-15-10-12)21(19,20)16(6-8-18)13-4-1-5-13/h9-11,13,17-18H,1,4-8H2. The monoisotopic (exact) mass is 310 g/mol. The number of aromatic nitrogens is 1. The van der Waals surface area contributed by atoms with Gasteiger partial charge in [0.25, 0.3) is 0 Å². The van der Waals surface area contributed by atoms with Crippen LogP contribution in [-0.4, -0.2) is 53.7 Å². The molecule has 1 saturated carbocycles. The second kappa shape index (κ2) is 7.00. The fraction of sp³-hybridized carbons (Fsp3) is 0.500. The number of pyridine rings is 1. The molecule has 0 aliphatic heterocycles. The van der Waals surface area contributed by atoms with Crippen molar-refractivity contribution in [3.05, 3.63) is 24.0 Å². The van der Waals surface area contributed by atoms with Gasteiger partial charge in [0.15, 0.2) is 0 Å². The smallest absolute Gasteiger partial charge is 0.244 e. The molecule has 0 saturated heterocycles. The van der Waals surface area contributed by atoms with Gasteiger partial charge < -0.3 is 10.2 Å². The fourth-order valence-electron chi connectivity index (χ4n) is 2.18. The van der Waals surface area contributed by atoms with E-state index in [9.17, 15) is 8.42 Å². The van der Waals surface area contributed by atoms with Crippen LogP contribution in [0.25, 0.3) is 0 Å². The Morgan fingerprint density at radius 1 is 1.33 bits per heavy atom. The summed E-state index contributed by atoms with van der Waals surface area (Å²) in [6, 6.07) is 1.39. The van der Waals surface area contributed by atoms with Gasteiger partial charge in [0.2, 0.25) is 10.0 Å². The van der Waals surface area contributed by atoms with Crippen molar-refractivity contribution in [2.45, 2.75) is 30.2 Å². The molecule has 1 aliphatic carbocycles. The Labute approximate surface area is 124 Å². The first-order chi connectivity index (χ1) is 10.1. The highest BCUT2D eigenvalue weighted by molar-refractivity contribution is 7.89. The Bertz CT molecular complexity index is 644. The number of hydrogen-bond acceptors (Lipinski definition) is 5. The first-order valence-corrected chi connectivity index (χ1v) is 8.21. The maximum Gasteiger partial charge on any atom is 0.244 e.